The minimum absolute atomic E-state index is 0.113. The van der Waals surface area contributed by atoms with Crippen LogP contribution in [0.25, 0.3) is 0 Å². The van der Waals surface area contributed by atoms with E-state index in [2.05, 4.69) is 0 Å². The van der Waals surface area contributed by atoms with Crippen LogP contribution >= 0.6 is 0 Å². The van der Waals surface area contributed by atoms with Crippen LogP contribution in [0.5, 0.6) is 5.75 Å². The van der Waals surface area contributed by atoms with Gasteiger partial charge in [-0.25, -0.2) is 0 Å². The normalized spacial score (nSPS) is 9.50. The molecule has 0 fully saturated rings. The van der Waals surface area contributed by atoms with Gasteiger partial charge in [-0.15, -0.1) is 0 Å². The van der Waals surface area contributed by atoms with Crippen molar-refractivity contribution < 1.29 is 19.4 Å². The average Bonchev–Trinajstić information content (AvgIpc) is 2.16. The first-order chi connectivity index (χ1) is 6.65. The Kier molecular flexibility index (Phi) is 3.23. The van der Waals surface area contributed by atoms with E-state index in [0.29, 0.717) is 23.2 Å². The summed E-state index contributed by atoms with van der Waals surface area (Å²) >= 11 is 0. The van der Waals surface area contributed by atoms with Gasteiger partial charge in [0.1, 0.15) is 12.0 Å². The summed E-state index contributed by atoms with van der Waals surface area (Å²) in [6, 6.07) is 4.68. The number of aliphatic carboxylic acids is 1. The van der Waals surface area contributed by atoms with Crippen molar-refractivity contribution in [3.05, 3.63) is 29.3 Å². The summed E-state index contributed by atoms with van der Waals surface area (Å²) in [5.74, 6) is -0.444. The van der Waals surface area contributed by atoms with Crippen molar-refractivity contribution in [2.45, 2.75) is 6.42 Å². The lowest BCUT2D eigenvalue weighted by atomic mass is 10.1. The Labute approximate surface area is 81.1 Å². The Balaban J connectivity index is 3.03. The fourth-order valence-corrected chi connectivity index (χ4v) is 1.15. The van der Waals surface area contributed by atoms with Crippen LogP contribution in [-0.4, -0.2) is 24.5 Å². The summed E-state index contributed by atoms with van der Waals surface area (Å²) in [5.41, 5.74) is 0.972. The maximum absolute atomic E-state index is 10.5. The zero-order valence-electron chi connectivity index (χ0n) is 7.69. The molecule has 0 aliphatic carbocycles. The van der Waals surface area contributed by atoms with Crippen LogP contribution in [0.15, 0.2) is 18.2 Å². The molecule has 1 aromatic rings. The molecule has 0 radical (unpaired) electrons. The maximum atomic E-state index is 10.5. The van der Waals surface area contributed by atoms with E-state index in [-0.39, 0.29) is 6.42 Å². The monoisotopic (exact) mass is 194 g/mol. The van der Waals surface area contributed by atoms with Crippen molar-refractivity contribution in [2.24, 2.45) is 0 Å². The molecule has 0 atom stereocenters. The fourth-order valence-electron chi connectivity index (χ4n) is 1.15. The fraction of sp³-hybridized carbons (Fsp3) is 0.200. The zero-order chi connectivity index (χ0) is 10.6. The minimum Gasteiger partial charge on any atom is -0.497 e. The third kappa shape index (κ3) is 2.58. The van der Waals surface area contributed by atoms with Crippen molar-refractivity contribution in [1.29, 1.82) is 0 Å². The number of aldehydes is 1. The molecule has 0 aromatic heterocycles. The Hall–Kier alpha value is -1.84. The first-order valence-electron chi connectivity index (χ1n) is 4.00. The first kappa shape index (κ1) is 10.2. The molecule has 1 aromatic carbocycles. The Morgan fingerprint density at radius 1 is 1.50 bits per heavy atom. The summed E-state index contributed by atoms with van der Waals surface area (Å²) < 4.78 is 4.93. The molecule has 4 nitrogen and oxygen atoms in total. The molecule has 14 heavy (non-hydrogen) atoms. The molecule has 0 aliphatic rings. The molecule has 0 heterocycles. The van der Waals surface area contributed by atoms with Gasteiger partial charge in [-0.05, 0) is 23.8 Å². The third-order valence-electron chi connectivity index (χ3n) is 1.72. The van der Waals surface area contributed by atoms with E-state index in [4.69, 9.17) is 9.84 Å². The summed E-state index contributed by atoms with van der Waals surface area (Å²) in [4.78, 5) is 20.9. The third-order valence-corrected chi connectivity index (χ3v) is 1.72. The number of carboxylic acids is 1. The molecule has 4 heteroatoms. The van der Waals surface area contributed by atoms with Crippen LogP contribution in [0.3, 0.4) is 0 Å². The molecule has 0 saturated heterocycles. The van der Waals surface area contributed by atoms with Crippen LogP contribution in [0, 0.1) is 0 Å². The molecular formula is C10H10O4. The maximum Gasteiger partial charge on any atom is 0.307 e. The average molecular weight is 194 g/mol. The largest absolute Gasteiger partial charge is 0.497 e. The van der Waals surface area contributed by atoms with Crippen molar-refractivity contribution >= 4 is 12.3 Å². The summed E-state index contributed by atoms with van der Waals surface area (Å²) in [6.45, 7) is 0. The van der Waals surface area contributed by atoms with Gasteiger partial charge in [0.15, 0.2) is 0 Å². The number of carbonyl (C=O) groups is 2. The predicted octanol–water partition coefficient (Wildman–Crippen LogP) is 1.13. The molecule has 1 rings (SSSR count). The molecule has 0 spiro atoms. The van der Waals surface area contributed by atoms with E-state index in [9.17, 15) is 9.59 Å². The molecule has 0 unspecified atom stereocenters. The lowest BCUT2D eigenvalue weighted by molar-refractivity contribution is -0.136. The molecular weight excluding hydrogens is 184 g/mol. The number of benzene rings is 1. The second-order valence-electron chi connectivity index (χ2n) is 2.80. The lowest BCUT2D eigenvalue weighted by Gasteiger charge is -2.03. The van der Waals surface area contributed by atoms with Crippen molar-refractivity contribution in [3.8, 4) is 5.75 Å². The molecule has 0 saturated carbocycles. The van der Waals surface area contributed by atoms with Gasteiger partial charge in [0.05, 0.1) is 13.5 Å². The van der Waals surface area contributed by atoms with Crippen molar-refractivity contribution in [3.63, 3.8) is 0 Å². The van der Waals surface area contributed by atoms with Crippen LogP contribution in [0.2, 0.25) is 0 Å². The van der Waals surface area contributed by atoms with Crippen LogP contribution in [0.1, 0.15) is 15.9 Å². The number of ether oxygens (including phenoxy) is 1. The first-order valence-corrected chi connectivity index (χ1v) is 4.00. The van der Waals surface area contributed by atoms with E-state index in [0.717, 1.165) is 0 Å². The highest BCUT2D eigenvalue weighted by Gasteiger charge is 2.04. The van der Waals surface area contributed by atoms with E-state index in [1.807, 2.05) is 0 Å². The second-order valence-corrected chi connectivity index (χ2v) is 2.80. The van der Waals surface area contributed by atoms with Crippen molar-refractivity contribution in [2.75, 3.05) is 7.11 Å². The van der Waals surface area contributed by atoms with Gasteiger partial charge in [-0.3, -0.25) is 9.59 Å². The predicted molar refractivity (Wildman–Crippen MR) is 49.7 cm³/mol. The lowest BCUT2D eigenvalue weighted by Crippen LogP contribution is -2.01. The van der Waals surface area contributed by atoms with Gasteiger partial charge in [0, 0.05) is 5.56 Å². The highest BCUT2D eigenvalue weighted by Crippen LogP contribution is 2.16. The Bertz CT molecular complexity index is 357. The highest BCUT2D eigenvalue weighted by atomic mass is 16.5. The number of carboxylic acid groups (broad SMARTS) is 1. The Morgan fingerprint density at radius 3 is 2.71 bits per heavy atom. The second kappa shape index (κ2) is 4.41. The molecule has 1 N–H and O–H groups in total. The minimum atomic E-state index is -0.935. The van der Waals surface area contributed by atoms with Gasteiger partial charge in [-0.2, -0.15) is 0 Å². The summed E-state index contributed by atoms with van der Waals surface area (Å²) in [5, 5.41) is 8.56. The molecule has 74 valence electrons. The SMILES string of the molecule is COc1cc(C=O)cc(CC(=O)O)c1. The van der Waals surface area contributed by atoms with E-state index in [1.165, 1.54) is 13.2 Å². The van der Waals surface area contributed by atoms with Gasteiger partial charge in [0.25, 0.3) is 0 Å². The number of hydrogen-bond donors (Lipinski definition) is 1. The standard InChI is InChI=1S/C10H10O4/c1-14-9-3-7(5-10(12)13)2-8(4-9)6-11/h2-4,6H,5H2,1H3,(H,12,13). The number of hydrogen-bond acceptors (Lipinski definition) is 3. The molecule has 0 bridgehead atoms. The quantitative estimate of drug-likeness (QED) is 0.730. The van der Waals surface area contributed by atoms with Gasteiger partial charge in [-0.1, -0.05) is 0 Å². The topological polar surface area (TPSA) is 63.6 Å². The summed E-state index contributed by atoms with van der Waals surface area (Å²) in [6.07, 6.45) is 0.548. The summed E-state index contributed by atoms with van der Waals surface area (Å²) in [7, 11) is 1.47. The van der Waals surface area contributed by atoms with Crippen LogP contribution < -0.4 is 4.74 Å². The number of rotatable bonds is 4. The Morgan fingerprint density at radius 2 is 2.21 bits per heavy atom. The number of carbonyl (C=O) groups excluding carboxylic acids is 1. The highest BCUT2D eigenvalue weighted by molar-refractivity contribution is 5.77. The van der Waals surface area contributed by atoms with Gasteiger partial charge < -0.3 is 9.84 Å². The van der Waals surface area contributed by atoms with Gasteiger partial charge in [0.2, 0.25) is 0 Å². The molecule has 0 amide bonds. The van der Waals surface area contributed by atoms with E-state index < -0.39 is 5.97 Å². The van der Waals surface area contributed by atoms with E-state index >= 15 is 0 Å². The van der Waals surface area contributed by atoms with Crippen LogP contribution in [0.4, 0.5) is 0 Å². The molecule has 0 aliphatic heterocycles. The smallest absolute Gasteiger partial charge is 0.307 e. The number of methoxy groups -OCH3 is 1. The zero-order valence-corrected chi connectivity index (χ0v) is 7.69. The van der Waals surface area contributed by atoms with Crippen molar-refractivity contribution in [1.82, 2.24) is 0 Å². The van der Waals surface area contributed by atoms with Crippen LogP contribution in [-0.2, 0) is 11.2 Å². The van der Waals surface area contributed by atoms with E-state index in [1.54, 1.807) is 12.1 Å². The van der Waals surface area contributed by atoms with Gasteiger partial charge >= 0.3 is 5.97 Å².